The number of carbonyl (C=O) groups is 1. The zero-order valence-corrected chi connectivity index (χ0v) is 18.6. The molecule has 8 heteroatoms. The Balaban J connectivity index is 1.45. The summed E-state index contributed by atoms with van der Waals surface area (Å²) in [6, 6.07) is 15.9. The van der Waals surface area contributed by atoms with E-state index in [9.17, 15) is 9.18 Å². The Morgan fingerprint density at radius 3 is 2.70 bits per heavy atom. The number of fused-ring (bicyclic) bond motifs is 1. The molecule has 0 unspecified atom stereocenters. The van der Waals surface area contributed by atoms with Crippen LogP contribution >= 0.6 is 0 Å². The second-order valence-electron chi connectivity index (χ2n) is 8.45. The summed E-state index contributed by atoms with van der Waals surface area (Å²) in [7, 11) is 0. The highest BCUT2D eigenvalue weighted by molar-refractivity contribution is 5.94. The van der Waals surface area contributed by atoms with Gasteiger partial charge in [0.05, 0.1) is 28.4 Å². The first-order valence-corrected chi connectivity index (χ1v) is 11.1. The lowest BCUT2D eigenvalue weighted by molar-refractivity contribution is -0.120. The van der Waals surface area contributed by atoms with Gasteiger partial charge in [-0.25, -0.2) is 9.07 Å². The number of nitrogens with zero attached hydrogens (tertiary/aromatic N) is 5. The van der Waals surface area contributed by atoms with Gasteiger partial charge in [-0.15, -0.1) is 5.10 Å². The average molecular weight is 445 g/mol. The lowest BCUT2D eigenvalue weighted by Gasteiger charge is -2.32. The van der Waals surface area contributed by atoms with E-state index in [1.807, 2.05) is 48.9 Å². The first-order chi connectivity index (χ1) is 16.0. The number of nitrogens with one attached hydrogen (secondary N) is 1. The number of hydrogen-bond acceptors (Lipinski definition) is 5. The quantitative estimate of drug-likeness (QED) is 0.504. The molecule has 1 saturated heterocycles. The van der Waals surface area contributed by atoms with Crippen LogP contribution in [-0.2, 0) is 4.79 Å². The summed E-state index contributed by atoms with van der Waals surface area (Å²) in [5, 5.41) is 17.6. The van der Waals surface area contributed by atoms with E-state index >= 15 is 0 Å². The maximum Gasteiger partial charge on any atom is 0.229 e. The van der Waals surface area contributed by atoms with Crippen LogP contribution in [0.5, 0.6) is 0 Å². The molecule has 4 aromatic rings. The van der Waals surface area contributed by atoms with Gasteiger partial charge < -0.3 is 10.2 Å². The number of amides is 1. The Labute approximate surface area is 191 Å². The van der Waals surface area contributed by atoms with Crippen molar-refractivity contribution in [2.75, 3.05) is 23.3 Å². The first-order valence-electron chi connectivity index (χ1n) is 11.1. The molecule has 0 bridgehead atoms. The number of anilines is 2. The monoisotopic (exact) mass is 444 g/mol. The molecule has 3 heterocycles. The molecule has 1 aliphatic heterocycles. The summed E-state index contributed by atoms with van der Waals surface area (Å²) in [6.45, 7) is 5.25. The van der Waals surface area contributed by atoms with Gasteiger partial charge in [0.1, 0.15) is 11.3 Å². The van der Waals surface area contributed by atoms with E-state index in [1.165, 1.54) is 12.1 Å². The first kappa shape index (κ1) is 21.1. The number of aryl methyl sites for hydroxylation is 2. The van der Waals surface area contributed by atoms with Crippen LogP contribution in [-0.4, -0.2) is 39.0 Å². The minimum atomic E-state index is -0.375. The van der Waals surface area contributed by atoms with Gasteiger partial charge in [0, 0.05) is 18.8 Å². The van der Waals surface area contributed by atoms with Crippen molar-refractivity contribution in [3.05, 3.63) is 71.8 Å². The molecular weight excluding hydrogens is 419 g/mol. The number of carbonyl (C=O) groups excluding carboxylic acids is 1. The molecule has 1 atom stereocenters. The van der Waals surface area contributed by atoms with Crippen LogP contribution in [0, 0.1) is 25.6 Å². The van der Waals surface area contributed by atoms with E-state index in [4.69, 9.17) is 5.10 Å². The molecule has 1 aliphatic rings. The highest BCUT2D eigenvalue weighted by Crippen LogP contribution is 2.31. The molecule has 168 valence electrons. The Kier molecular flexibility index (Phi) is 5.50. The lowest BCUT2D eigenvalue weighted by Crippen LogP contribution is -2.41. The van der Waals surface area contributed by atoms with E-state index in [0.717, 1.165) is 47.4 Å². The molecule has 1 amide bonds. The SMILES string of the molecule is Cc1nnc(N2CCC[C@H](C(=O)Nc3cccc(F)c3)C2)c2nn(-c3ccccc3)c(C)c12. The van der Waals surface area contributed by atoms with Gasteiger partial charge in [-0.3, -0.25) is 4.79 Å². The summed E-state index contributed by atoms with van der Waals surface area (Å²) in [4.78, 5) is 15.0. The molecule has 1 fully saturated rings. The Bertz CT molecular complexity index is 1320. The van der Waals surface area contributed by atoms with Crippen LogP contribution in [0.15, 0.2) is 54.6 Å². The molecular formula is C25H25FN6O. The van der Waals surface area contributed by atoms with Gasteiger partial charge in [0.25, 0.3) is 0 Å². The lowest BCUT2D eigenvalue weighted by atomic mass is 9.97. The number of halogens is 1. The third kappa shape index (κ3) is 4.04. The predicted octanol–water partition coefficient (Wildman–Crippen LogP) is 4.43. The fourth-order valence-electron chi connectivity index (χ4n) is 4.54. The number of aromatic nitrogens is 4. The van der Waals surface area contributed by atoms with Crippen molar-refractivity contribution in [3.8, 4) is 5.69 Å². The number of benzene rings is 2. The van der Waals surface area contributed by atoms with Crippen molar-refractivity contribution in [2.45, 2.75) is 26.7 Å². The molecule has 0 saturated carbocycles. The van der Waals surface area contributed by atoms with E-state index in [1.54, 1.807) is 12.1 Å². The van der Waals surface area contributed by atoms with Gasteiger partial charge in [-0.2, -0.15) is 10.2 Å². The number of hydrogen-bond donors (Lipinski definition) is 1. The largest absolute Gasteiger partial charge is 0.352 e. The molecule has 0 spiro atoms. The third-order valence-corrected chi connectivity index (χ3v) is 6.17. The fourth-order valence-corrected chi connectivity index (χ4v) is 4.54. The number of para-hydroxylation sites is 1. The van der Waals surface area contributed by atoms with E-state index in [-0.39, 0.29) is 17.6 Å². The van der Waals surface area contributed by atoms with Crippen molar-refractivity contribution in [1.82, 2.24) is 20.0 Å². The fraction of sp³-hybridized carbons (Fsp3) is 0.280. The standard InChI is InChI=1S/C25H25FN6O/c1-16-22-17(2)32(21-11-4-3-5-12-21)30-23(22)24(29-28-16)31-13-7-8-18(15-31)25(33)27-20-10-6-9-19(26)14-20/h3-6,9-12,14,18H,7-8,13,15H2,1-2H3,(H,27,33)/t18-/m0/s1. The zero-order chi connectivity index (χ0) is 22.9. The molecule has 1 N–H and O–H groups in total. The van der Waals surface area contributed by atoms with Crippen LogP contribution in [0.2, 0.25) is 0 Å². The Morgan fingerprint density at radius 2 is 1.91 bits per heavy atom. The van der Waals surface area contributed by atoms with Crippen LogP contribution in [0.1, 0.15) is 24.2 Å². The van der Waals surface area contributed by atoms with Crippen LogP contribution < -0.4 is 10.2 Å². The highest BCUT2D eigenvalue weighted by atomic mass is 19.1. The zero-order valence-electron chi connectivity index (χ0n) is 18.6. The van der Waals surface area contributed by atoms with Crippen LogP contribution in [0.25, 0.3) is 16.6 Å². The van der Waals surface area contributed by atoms with E-state index < -0.39 is 0 Å². The minimum absolute atomic E-state index is 0.118. The number of rotatable bonds is 4. The van der Waals surface area contributed by atoms with Crippen molar-refractivity contribution < 1.29 is 9.18 Å². The smallest absolute Gasteiger partial charge is 0.229 e. The predicted molar refractivity (Wildman–Crippen MR) is 126 cm³/mol. The van der Waals surface area contributed by atoms with Gasteiger partial charge in [-0.1, -0.05) is 24.3 Å². The highest BCUT2D eigenvalue weighted by Gasteiger charge is 2.29. The second kappa shape index (κ2) is 8.61. The van der Waals surface area contributed by atoms with E-state index in [2.05, 4.69) is 20.4 Å². The number of piperidine rings is 1. The topological polar surface area (TPSA) is 75.9 Å². The van der Waals surface area contributed by atoms with Crippen molar-refractivity contribution in [2.24, 2.45) is 5.92 Å². The molecule has 2 aromatic carbocycles. The molecule has 5 rings (SSSR count). The minimum Gasteiger partial charge on any atom is -0.352 e. The van der Waals surface area contributed by atoms with Gasteiger partial charge in [-0.05, 0) is 57.0 Å². The Hall–Kier alpha value is -3.81. The molecule has 33 heavy (non-hydrogen) atoms. The van der Waals surface area contributed by atoms with Crippen LogP contribution in [0.4, 0.5) is 15.9 Å². The Morgan fingerprint density at radius 1 is 1.09 bits per heavy atom. The van der Waals surface area contributed by atoms with E-state index in [0.29, 0.717) is 18.1 Å². The maximum atomic E-state index is 13.5. The molecule has 7 nitrogen and oxygen atoms in total. The third-order valence-electron chi connectivity index (χ3n) is 6.17. The molecule has 0 radical (unpaired) electrons. The van der Waals surface area contributed by atoms with Crippen molar-refractivity contribution in [1.29, 1.82) is 0 Å². The summed E-state index contributed by atoms with van der Waals surface area (Å²) >= 11 is 0. The summed E-state index contributed by atoms with van der Waals surface area (Å²) in [5.74, 6) is -0.0403. The maximum absolute atomic E-state index is 13.5. The summed E-state index contributed by atoms with van der Waals surface area (Å²) < 4.78 is 15.4. The molecule has 2 aromatic heterocycles. The van der Waals surface area contributed by atoms with Crippen LogP contribution in [0.3, 0.4) is 0 Å². The van der Waals surface area contributed by atoms with Gasteiger partial charge >= 0.3 is 0 Å². The summed E-state index contributed by atoms with van der Waals surface area (Å²) in [6.07, 6.45) is 1.61. The molecule has 0 aliphatic carbocycles. The van der Waals surface area contributed by atoms with Crippen molar-refractivity contribution in [3.63, 3.8) is 0 Å². The second-order valence-corrected chi connectivity index (χ2v) is 8.45. The normalized spacial score (nSPS) is 16.2. The summed E-state index contributed by atoms with van der Waals surface area (Å²) in [5.41, 5.74) is 4.05. The van der Waals surface area contributed by atoms with Gasteiger partial charge in [0.15, 0.2) is 5.82 Å². The average Bonchev–Trinajstić information content (AvgIpc) is 3.18. The van der Waals surface area contributed by atoms with Gasteiger partial charge in [0.2, 0.25) is 5.91 Å². The van der Waals surface area contributed by atoms with Crippen molar-refractivity contribution >= 4 is 28.3 Å².